The van der Waals surface area contributed by atoms with Gasteiger partial charge in [0.05, 0.1) is 17.7 Å². The van der Waals surface area contributed by atoms with Crippen LogP contribution in [0.4, 0.5) is 0 Å². The Kier molecular flexibility index (Phi) is 6.10. The van der Waals surface area contributed by atoms with Crippen LogP contribution in [0.15, 0.2) is 11.6 Å². The largest absolute Gasteiger partial charge is 0.462 e. The molecule has 120 valence electrons. The van der Waals surface area contributed by atoms with Crippen LogP contribution in [-0.2, 0) is 14.3 Å². The van der Waals surface area contributed by atoms with Crippen LogP contribution in [0.1, 0.15) is 52.9 Å². The number of carbonyl (C=O) groups is 3. The van der Waals surface area contributed by atoms with Crippen LogP contribution in [-0.4, -0.2) is 35.9 Å². The predicted molar refractivity (Wildman–Crippen MR) is 80.9 cm³/mol. The number of esters is 2. The molecule has 0 amide bonds. The number of rotatable bonds is 6. The van der Waals surface area contributed by atoms with Crippen molar-refractivity contribution >= 4 is 17.7 Å². The highest BCUT2D eigenvalue weighted by atomic mass is 16.5. The monoisotopic (exact) mass is 307 g/mol. The second-order valence-electron chi connectivity index (χ2n) is 5.10. The van der Waals surface area contributed by atoms with E-state index >= 15 is 0 Å². The van der Waals surface area contributed by atoms with Crippen molar-refractivity contribution < 1.29 is 23.9 Å². The van der Waals surface area contributed by atoms with E-state index in [4.69, 9.17) is 9.47 Å². The van der Waals surface area contributed by atoms with Gasteiger partial charge in [-0.15, -0.1) is 0 Å². The maximum Gasteiger partial charge on any atom is 0.340 e. The summed E-state index contributed by atoms with van der Waals surface area (Å²) >= 11 is 0. The highest BCUT2D eigenvalue weighted by Gasteiger charge is 2.25. The van der Waals surface area contributed by atoms with Gasteiger partial charge in [0.1, 0.15) is 0 Å². The zero-order valence-corrected chi connectivity index (χ0v) is 13.5. The minimum absolute atomic E-state index is 0.197. The Morgan fingerprint density at radius 3 is 2.18 bits per heavy atom. The maximum atomic E-state index is 12.3. The summed E-state index contributed by atoms with van der Waals surface area (Å²) in [6.07, 6.45) is 1.30. The Balaban J connectivity index is 2.96. The average molecular weight is 307 g/mol. The van der Waals surface area contributed by atoms with Gasteiger partial charge in [-0.1, -0.05) is 5.57 Å². The molecule has 0 aromatic carbocycles. The summed E-state index contributed by atoms with van der Waals surface area (Å²) in [5.74, 6) is -1.60. The smallest absolute Gasteiger partial charge is 0.340 e. The van der Waals surface area contributed by atoms with Crippen LogP contribution in [0, 0.1) is 13.8 Å². The Bertz CT molecular complexity index is 621. The van der Waals surface area contributed by atoms with Gasteiger partial charge in [-0.2, -0.15) is 0 Å². The molecule has 1 N–H and O–H groups in total. The van der Waals surface area contributed by atoms with Crippen LogP contribution >= 0.6 is 0 Å². The molecule has 0 saturated heterocycles. The lowest BCUT2D eigenvalue weighted by Gasteiger charge is -2.06. The van der Waals surface area contributed by atoms with Crippen molar-refractivity contribution in [3.63, 3.8) is 0 Å². The number of aromatic amines is 1. The van der Waals surface area contributed by atoms with Crippen molar-refractivity contribution in [3.8, 4) is 0 Å². The van der Waals surface area contributed by atoms with Gasteiger partial charge in [0.25, 0.3) is 0 Å². The standard InChI is InChI=1S/C16H21NO5/c1-6-21-16(20)15-11(5)17-10(4)14(15)12(18)8-22-13(19)7-9(2)3/h7,17H,6,8H2,1-5H3. The summed E-state index contributed by atoms with van der Waals surface area (Å²) in [5.41, 5.74) is 2.28. The molecule has 6 nitrogen and oxygen atoms in total. The van der Waals surface area contributed by atoms with Gasteiger partial charge in [-0.3, -0.25) is 4.79 Å². The average Bonchev–Trinajstić information content (AvgIpc) is 2.70. The van der Waals surface area contributed by atoms with E-state index in [1.165, 1.54) is 6.08 Å². The number of Topliss-reactive ketones (excluding diaryl/α,β-unsaturated/α-hetero) is 1. The first kappa shape index (κ1) is 17.7. The van der Waals surface area contributed by atoms with E-state index in [2.05, 4.69) is 4.98 Å². The summed E-state index contributed by atoms with van der Waals surface area (Å²) in [6, 6.07) is 0. The van der Waals surface area contributed by atoms with Gasteiger partial charge < -0.3 is 14.5 Å². The van der Waals surface area contributed by atoms with E-state index in [0.717, 1.165) is 5.57 Å². The zero-order chi connectivity index (χ0) is 16.9. The van der Waals surface area contributed by atoms with Gasteiger partial charge >= 0.3 is 11.9 Å². The van der Waals surface area contributed by atoms with Crippen molar-refractivity contribution in [2.24, 2.45) is 0 Å². The second kappa shape index (κ2) is 7.59. The molecule has 1 aromatic rings. The maximum absolute atomic E-state index is 12.3. The molecule has 0 unspecified atom stereocenters. The summed E-state index contributed by atoms with van der Waals surface area (Å²) in [4.78, 5) is 38.6. The minimum Gasteiger partial charge on any atom is -0.462 e. The van der Waals surface area contributed by atoms with Crippen LogP contribution in [0.2, 0.25) is 0 Å². The first-order valence-corrected chi connectivity index (χ1v) is 6.99. The van der Waals surface area contributed by atoms with E-state index in [-0.39, 0.29) is 17.7 Å². The van der Waals surface area contributed by atoms with E-state index in [1.807, 2.05) is 0 Å². The number of hydrogen-bond acceptors (Lipinski definition) is 5. The summed E-state index contributed by atoms with van der Waals surface area (Å²) in [7, 11) is 0. The quantitative estimate of drug-likeness (QED) is 0.496. The van der Waals surface area contributed by atoms with Crippen LogP contribution in [0.5, 0.6) is 0 Å². The molecule has 1 rings (SSSR count). The first-order chi connectivity index (χ1) is 10.3. The summed E-state index contributed by atoms with van der Waals surface area (Å²) in [6.45, 7) is 8.35. The van der Waals surface area contributed by atoms with Gasteiger partial charge in [-0.05, 0) is 34.6 Å². The van der Waals surface area contributed by atoms with Gasteiger partial charge in [0, 0.05) is 17.5 Å². The number of ketones is 1. The molecule has 0 fully saturated rings. The molecule has 1 heterocycles. The third kappa shape index (κ3) is 4.31. The third-order valence-corrected chi connectivity index (χ3v) is 2.89. The molecule has 22 heavy (non-hydrogen) atoms. The van der Waals surface area contributed by atoms with E-state index in [9.17, 15) is 14.4 Å². The number of carbonyl (C=O) groups excluding carboxylic acids is 3. The number of hydrogen-bond donors (Lipinski definition) is 1. The van der Waals surface area contributed by atoms with Crippen molar-refractivity contribution in [1.29, 1.82) is 0 Å². The third-order valence-electron chi connectivity index (χ3n) is 2.89. The Morgan fingerprint density at radius 1 is 1.05 bits per heavy atom. The van der Waals surface area contributed by atoms with Gasteiger partial charge in [-0.25, -0.2) is 9.59 Å². The fourth-order valence-electron chi connectivity index (χ4n) is 2.07. The molecule has 0 bridgehead atoms. The molecule has 6 heteroatoms. The van der Waals surface area contributed by atoms with E-state index < -0.39 is 24.3 Å². The molecular formula is C16H21NO5. The SMILES string of the molecule is CCOC(=O)c1c(C)[nH]c(C)c1C(=O)COC(=O)C=C(C)C. The van der Waals surface area contributed by atoms with Crippen molar-refractivity contribution in [2.45, 2.75) is 34.6 Å². The van der Waals surface area contributed by atoms with Crippen LogP contribution in [0.25, 0.3) is 0 Å². The number of ether oxygens (including phenoxy) is 2. The lowest BCUT2D eigenvalue weighted by molar-refractivity contribution is -0.136. The molecule has 0 aliphatic carbocycles. The Morgan fingerprint density at radius 2 is 1.64 bits per heavy atom. The number of nitrogens with one attached hydrogen (secondary N) is 1. The van der Waals surface area contributed by atoms with Gasteiger partial charge in [0.2, 0.25) is 5.78 Å². The van der Waals surface area contributed by atoms with Crippen LogP contribution in [0.3, 0.4) is 0 Å². The minimum atomic E-state index is -0.587. The normalized spacial score (nSPS) is 10.0. The molecule has 0 aliphatic heterocycles. The van der Waals surface area contributed by atoms with Crippen molar-refractivity contribution in [2.75, 3.05) is 13.2 Å². The Hall–Kier alpha value is -2.37. The molecule has 0 atom stereocenters. The van der Waals surface area contributed by atoms with Crippen LogP contribution < -0.4 is 0 Å². The van der Waals surface area contributed by atoms with Crippen molar-refractivity contribution in [3.05, 3.63) is 34.2 Å². The molecule has 0 saturated carbocycles. The summed E-state index contributed by atoms with van der Waals surface area (Å²) in [5, 5.41) is 0. The highest BCUT2D eigenvalue weighted by Crippen LogP contribution is 2.20. The zero-order valence-electron chi connectivity index (χ0n) is 13.5. The summed E-state index contributed by atoms with van der Waals surface area (Å²) < 4.78 is 9.86. The van der Waals surface area contributed by atoms with Crippen molar-refractivity contribution in [1.82, 2.24) is 4.98 Å². The molecule has 0 radical (unpaired) electrons. The second-order valence-corrected chi connectivity index (χ2v) is 5.10. The molecule has 1 aromatic heterocycles. The van der Waals surface area contributed by atoms with E-state index in [1.54, 1.807) is 34.6 Å². The fourth-order valence-corrected chi connectivity index (χ4v) is 2.07. The molecule has 0 aliphatic rings. The number of allylic oxidation sites excluding steroid dienone is 1. The number of aromatic nitrogens is 1. The lowest BCUT2D eigenvalue weighted by Crippen LogP contribution is -2.17. The topological polar surface area (TPSA) is 85.5 Å². The molecular weight excluding hydrogens is 286 g/mol. The number of H-pyrrole nitrogens is 1. The number of aryl methyl sites for hydroxylation is 2. The van der Waals surface area contributed by atoms with Gasteiger partial charge in [0.15, 0.2) is 6.61 Å². The molecule has 0 spiro atoms. The fraction of sp³-hybridized carbons (Fsp3) is 0.438. The lowest BCUT2D eigenvalue weighted by atomic mass is 10.1. The van der Waals surface area contributed by atoms with E-state index in [0.29, 0.717) is 11.4 Å². The first-order valence-electron chi connectivity index (χ1n) is 6.99. The Labute approximate surface area is 129 Å². The highest BCUT2D eigenvalue weighted by molar-refractivity contribution is 6.09. The predicted octanol–water partition coefficient (Wildman–Crippen LogP) is 2.50.